The number of anilines is 1. The third-order valence-corrected chi connectivity index (χ3v) is 2.25. The monoisotopic (exact) mass is 244 g/mol. The highest BCUT2D eigenvalue weighted by molar-refractivity contribution is 6.02. The molecule has 2 N–H and O–H groups in total. The summed E-state index contributed by atoms with van der Waals surface area (Å²) in [6.45, 7) is 3.77. The predicted octanol–water partition coefficient (Wildman–Crippen LogP) is 1.03. The molecule has 18 heavy (non-hydrogen) atoms. The Kier molecular flexibility index (Phi) is 3.18. The average Bonchev–Trinajstić information content (AvgIpc) is 2.28. The van der Waals surface area contributed by atoms with Gasteiger partial charge in [0.1, 0.15) is 11.5 Å². The number of hydrogen-bond acceptors (Lipinski definition) is 4. The van der Waals surface area contributed by atoms with E-state index in [9.17, 15) is 9.59 Å². The van der Waals surface area contributed by atoms with Gasteiger partial charge in [-0.15, -0.1) is 0 Å². The standard InChI is InChI=1S/C12H12N4O2/c1-7-5-8(2)13-10(6-7)14-12(18)9-3-4-11(17)16-15-9/h3-6H,1-2H3,(H,16,17)(H,13,14,18). The maximum atomic E-state index is 11.8. The van der Waals surface area contributed by atoms with E-state index in [0.29, 0.717) is 5.82 Å². The van der Waals surface area contributed by atoms with Crippen molar-refractivity contribution in [3.05, 3.63) is 51.6 Å². The van der Waals surface area contributed by atoms with Crippen molar-refractivity contribution in [2.24, 2.45) is 0 Å². The fraction of sp³-hybridized carbons (Fsp3) is 0.167. The maximum Gasteiger partial charge on any atom is 0.277 e. The van der Waals surface area contributed by atoms with Crippen LogP contribution < -0.4 is 10.9 Å². The molecule has 0 spiro atoms. The summed E-state index contributed by atoms with van der Waals surface area (Å²) in [5.41, 5.74) is 1.61. The minimum Gasteiger partial charge on any atom is -0.305 e. The lowest BCUT2D eigenvalue weighted by Gasteiger charge is -2.05. The fourth-order valence-electron chi connectivity index (χ4n) is 1.56. The highest BCUT2D eigenvalue weighted by Crippen LogP contribution is 2.09. The van der Waals surface area contributed by atoms with Crippen molar-refractivity contribution >= 4 is 11.7 Å². The van der Waals surface area contributed by atoms with Crippen molar-refractivity contribution in [1.82, 2.24) is 15.2 Å². The van der Waals surface area contributed by atoms with Crippen LogP contribution in [0.3, 0.4) is 0 Å². The molecule has 6 heteroatoms. The molecule has 0 aliphatic heterocycles. The van der Waals surface area contributed by atoms with Gasteiger partial charge in [0.15, 0.2) is 0 Å². The number of rotatable bonds is 2. The quantitative estimate of drug-likeness (QED) is 0.826. The third-order valence-electron chi connectivity index (χ3n) is 2.25. The number of aryl methyl sites for hydroxylation is 2. The molecule has 0 bridgehead atoms. The maximum absolute atomic E-state index is 11.8. The number of H-pyrrole nitrogens is 1. The van der Waals surface area contributed by atoms with Gasteiger partial charge in [0.2, 0.25) is 0 Å². The van der Waals surface area contributed by atoms with Gasteiger partial charge in [0.05, 0.1) is 0 Å². The second kappa shape index (κ2) is 4.79. The normalized spacial score (nSPS) is 10.1. The largest absolute Gasteiger partial charge is 0.305 e. The van der Waals surface area contributed by atoms with Crippen molar-refractivity contribution in [1.29, 1.82) is 0 Å². The van der Waals surface area contributed by atoms with Gasteiger partial charge in [-0.25, -0.2) is 10.1 Å². The van der Waals surface area contributed by atoms with E-state index in [4.69, 9.17) is 0 Å². The van der Waals surface area contributed by atoms with Gasteiger partial charge in [0.25, 0.3) is 11.5 Å². The Morgan fingerprint density at radius 2 is 2.06 bits per heavy atom. The third kappa shape index (κ3) is 2.79. The molecule has 0 saturated carbocycles. The zero-order valence-electron chi connectivity index (χ0n) is 10.0. The molecule has 0 unspecified atom stereocenters. The highest BCUT2D eigenvalue weighted by atomic mass is 16.2. The molecule has 92 valence electrons. The van der Waals surface area contributed by atoms with Crippen LogP contribution >= 0.6 is 0 Å². The molecular weight excluding hydrogens is 232 g/mol. The predicted molar refractivity (Wildman–Crippen MR) is 66.5 cm³/mol. The Bertz CT molecular complexity index is 608. The zero-order valence-corrected chi connectivity index (χ0v) is 10.0. The average molecular weight is 244 g/mol. The lowest BCUT2D eigenvalue weighted by molar-refractivity contribution is 0.102. The van der Waals surface area contributed by atoms with E-state index in [1.165, 1.54) is 12.1 Å². The van der Waals surface area contributed by atoms with Crippen LogP contribution in [0.1, 0.15) is 21.7 Å². The zero-order chi connectivity index (χ0) is 13.1. The summed E-state index contributed by atoms with van der Waals surface area (Å²) in [5, 5.41) is 8.47. The molecule has 2 heterocycles. The van der Waals surface area contributed by atoms with Crippen LogP contribution in [0.4, 0.5) is 5.82 Å². The molecule has 2 aromatic rings. The van der Waals surface area contributed by atoms with Gasteiger partial charge in [0, 0.05) is 11.8 Å². The minimum absolute atomic E-state index is 0.135. The molecule has 2 aromatic heterocycles. The molecule has 0 aliphatic rings. The number of nitrogens with one attached hydrogen (secondary N) is 2. The summed E-state index contributed by atoms with van der Waals surface area (Å²) in [6.07, 6.45) is 0. The SMILES string of the molecule is Cc1cc(C)nc(NC(=O)c2ccc(=O)[nH]n2)c1. The van der Waals surface area contributed by atoms with E-state index in [-0.39, 0.29) is 11.3 Å². The first-order valence-corrected chi connectivity index (χ1v) is 5.37. The lowest BCUT2D eigenvalue weighted by Crippen LogP contribution is -2.18. The van der Waals surface area contributed by atoms with Gasteiger partial charge in [-0.2, -0.15) is 5.10 Å². The molecule has 1 amide bonds. The van der Waals surface area contributed by atoms with E-state index < -0.39 is 5.91 Å². The first kappa shape index (κ1) is 12.0. The van der Waals surface area contributed by atoms with Crippen LogP contribution in [0.2, 0.25) is 0 Å². The molecule has 2 rings (SSSR count). The molecular formula is C12H12N4O2. The van der Waals surface area contributed by atoms with Crippen molar-refractivity contribution in [2.45, 2.75) is 13.8 Å². The van der Waals surface area contributed by atoms with Gasteiger partial charge < -0.3 is 5.32 Å². The molecule has 0 aliphatic carbocycles. The number of carbonyl (C=O) groups is 1. The van der Waals surface area contributed by atoms with Crippen molar-refractivity contribution in [3.8, 4) is 0 Å². The van der Waals surface area contributed by atoms with Gasteiger partial charge in [-0.3, -0.25) is 9.59 Å². The smallest absolute Gasteiger partial charge is 0.277 e. The number of aromatic amines is 1. The molecule has 0 fully saturated rings. The van der Waals surface area contributed by atoms with E-state index in [1.807, 2.05) is 19.9 Å². The van der Waals surface area contributed by atoms with Crippen LogP contribution in [-0.2, 0) is 0 Å². The first-order valence-electron chi connectivity index (χ1n) is 5.37. The van der Waals surface area contributed by atoms with E-state index in [2.05, 4.69) is 20.5 Å². The van der Waals surface area contributed by atoms with Crippen LogP contribution in [0, 0.1) is 13.8 Å². The molecule has 0 radical (unpaired) electrons. The Balaban J connectivity index is 2.21. The second-order valence-corrected chi connectivity index (χ2v) is 3.93. The van der Waals surface area contributed by atoms with Gasteiger partial charge in [-0.1, -0.05) is 0 Å². The summed E-state index contributed by atoms with van der Waals surface area (Å²) >= 11 is 0. The highest BCUT2D eigenvalue weighted by Gasteiger charge is 2.08. The van der Waals surface area contributed by atoms with Crippen molar-refractivity contribution < 1.29 is 4.79 Å². The number of pyridine rings is 1. The van der Waals surface area contributed by atoms with Crippen LogP contribution in [-0.4, -0.2) is 21.1 Å². The number of nitrogens with zero attached hydrogens (tertiary/aromatic N) is 2. The fourth-order valence-corrected chi connectivity index (χ4v) is 1.56. The summed E-state index contributed by atoms with van der Waals surface area (Å²) in [7, 11) is 0. The van der Waals surface area contributed by atoms with E-state index in [1.54, 1.807) is 6.07 Å². The van der Waals surface area contributed by atoms with Crippen LogP contribution in [0.25, 0.3) is 0 Å². The minimum atomic E-state index is -0.413. The number of hydrogen-bond donors (Lipinski definition) is 2. The summed E-state index contributed by atoms with van der Waals surface area (Å²) < 4.78 is 0. The Hall–Kier alpha value is -2.50. The molecule has 0 saturated heterocycles. The van der Waals surface area contributed by atoms with Crippen molar-refractivity contribution in [3.63, 3.8) is 0 Å². The van der Waals surface area contributed by atoms with Crippen LogP contribution in [0.15, 0.2) is 29.1 Å². The molecule has 0 atom stereocenters. The summed E-state index contributed by atoms with van der Waals surface area (Å²) in [5.74, 6) is 0.0502. The van der Waals surface area contributed by atoms with Gasteiger partial charge >= 0.3 is 0 Å². The second-order valence-electron chi connectivity index (χ2n) is 3.93. The lowest BCUT2D eigenvalue weighted by atomic mass is 10.2. The van der Waals surface area contributed by atoms with E-state index in [0.717, 1.165) is 11.3 Å². The Labute approximate surface area is 103 Å². The Morgan fingerprint density at radius 1 is 1.28 bits per heavy atom. The number of carbonyl (C=O) groups excluding carboxylic acids is 1. The van der Waals surface area contributed by atoms with E-state index >= 15 is 0 Å². The Morgan fingerprint density at radius 3 is 2.67 bits per heavy atom. The van der Waals surface area contributed by atoms with Gasteiger partial charge in [-0.05, 0) is 37.6 Å². The summed E-state index contributed by atoms with van der Waals surface area (Å²) in [4.78, 5) is 26.8. The molecule has 0 aromatic carbocycles. The summed E-state index contributed by atoms with van der Waals surface area (Å²) in [6, 6.07) is 6.28. The number of aromatic nitrogens is 3. The first-order chi connectivity index (χ1) is 8.54. The van der Waals surface area contributed by atoms with Crippen LogP contribution in [0.5, 0.6) is 0 Å². The topological polar surface area (TPSA) is 87.7 Å². The van der Waals surface area contributed by atoms with Crippen molar-refractivity contribution in [2.75, 3.05) is 5.32 Å². The molecule has 6 nitrogen and oxygen atoms in total. The number of amides is 1.